The Kier molecular flexibility index (Phi) is 3.24. The van der Waals surface area contributed by atoms with E-state index in [2.05, 4.69) is 97.1 Å². The molecule has 0 saturated heterocycles. The average molecular weight is 444 g/mol. The van der Waals surface area contributed by atoms with Crippen LogP contribution in [0.15, 0.2) is 97.2 Å². The molecule has 1 heteroatoms. The predicted molar refractivity (Wildman–Crippen MR) is 147 cm³/mol. The molecule has 0 N–H and O–H groups in total. The van der Waals surface area contributed by atoms with E-state index in [1.807, 2.05) is 6.20 Å². The van der Waals surface area contributed by atoms with Crippen LogP contribution in [-0.2, 0) is 0 Å². The number of hydrogen-bond donors (Lipinski definition) is 0. The molecule has 2 atom stereocenters. The van der Waals surface area contributed by atoms with E-state index < -0.39 is 0 Å². The van der Waals surface area contributed by atoms with Crippen LogP contribution >= 0.6 is 0 Å². The molecule has 3 aliphatic carbocycles. The zero-order valence-electron chi connectivity index (χ0n) is 19.1. The van der Waals surface area contributed by atoms with Gasteiger partial charge >= 0.3 is 0 Å². The summed E-state index contributed by atoms with van der Waals surface area (Å²) < 4.78 is 0. The van der Waals surface area contributed by atoms with Crippen LogP contribution < -0.4 is 0 Å². The second kappa shape index (κ2) is 6.25. The maximum Gasteiger partial charge on any atom is 0.0786 e. The summed E-state index contributed by atoms with van der Waals surface area (Å²) in [7, 11) is 0. The Balaban J connectivity index is 1.48. The number of nitrogens with zero attached hydrogens (tertiary/aromatic N) is 1. The normalized spacial score (nSPS) is 18.6. The summed E-state index contributed by atoms with van der Waals surface area (Å²) in [4.78, 5) is 4.96. The number of hydrogen-bond acceptors (Lipinski definition) is 1. The van der Waals surface area contributed by atoms with E-state index in [-0.39, 0.29) is 0 Å². The summed E-state index contributed by atoms with van der Waals surface area (Å²) >= 11 is 0. The Hall–Kier alpha value is -4.23. The highest BCUT2D eigenvalue weighted by Crippen LogP contribution is 2.58. The first kappa shape index (κ1) is 18.1. The van der Waals surface area contributed by atoms with Gasteiger partial charge in [0.25, 0.3) is 0 Å². The van der Waals surface area contributed by atoms with Crippen molar-refractivity contribution in [3.05, 3.63) is 108 Å². The van der Waals surface area contributed by atoms with Gasteiger partial charge in [-0.15, -0.1) is 0 Å². The fourth-order valence-corrected chi connectivity index (χ4v) is 6.87. The number of allylic oxidation sites excluding steroid dienone is 1. The van der Waals surface area contributed by atoms with Gasteiger partial charge in [0, 0.05) is 17.1 Å². The van der Waals surface area contributed by atoms with E-state index in [0.717, 1.165) is 5.69 Å². The Morgan fingerprint density at radius 3 is 2.34 bits per heavy atom. The lowest BCUT2D eigenvalue weighted by Crippen LogP contribution is -2.00. The molecule has 0 bridgehead atoms. The highest BCUT2D eigenvalue weighted by molar-refractivity contribution is 6.25. The van der Waals surface area contributed by atoms with Crippen LogP contribution in [0.25, 0.3) is 71.9 Å². The van der Waals surface area contributed by atoms with Gasteiger partial charge in [-0.25, -0.2) is 0 Å². The molecule has 0 radical (unpaired) electrons. The van der Waals surface area contributed by atoms with Gasteiger partial charge in [0.1, 0.15) is 0 Å². The van der Waals surface area contributed by atoms with Crippen molar-refractivity contribution in [3.63, 3.8) is 0 Å². The zero-order valence-corrected chi connectivity index (χ0v) is 19.1. The van der Waals surface area contributed by atoms with Gasteiger partial charge in [-0.3, -0.25) is 4.98 Å². The van der Waals surface area contributed by atoms with Gasteiger partial charge < -0.3 is 0 Å². The molecule has 1 fully saturated rings. The Morgan fingerprint density at radius 1 is 0.629 bits per heavy atom. The lowest BCUT2D eigenvalue weighted by atomic mass is 9.83. The van der Waals surface area contributed by atoms with Crippen LogP contribution in [0.3, 0.4) is 0 Å². The SMILES string of the molecule is C1=CC2CC2c2c1c(-c1nccc3ccccc13)cc1c2cc2c3c(cccc31)-c1ccccc1-2. The fraction of sp³-hybridized carbons (Fsp3) is 0.0882. The molecule has 3 aliphatic rings. The molecule has 1 heterocycles. The van der Waals surface area contributed by atoms with Gasteiger partial charge in [0.05, 0.1) is 5.69 Å². The molecule has 0 aliphatic heterocycles. The molecule has 0 spiro atoms. The van der Waals surface area contributed by atoms with Gasteiger partial charge in [0.2, 0.25) is 0 Å². The summed E-state index contributed by atoms with van der Waals surface area (Å²) in [5, 5.41) is 8.02. The van der Waals surface area contributed by atoms with E-state index in [1.54, 1.807) is 0 Å². The molecule has 1 saturated carbocycles. The first-order valence-corrected chi connectivity index (χ1v) is 12.6. The van der Waals surface area contributed by atoms with Gasteiger partial charge in [-0.1, -0.05) is 78.9 Å². The summed E-state index contributed by atoms with van der Waals surface area (Å²) in [5.74, 6) is 1.31. The quantitative estimate of drug-likeness (QED) is 0.231. The fourth-order valence-electron chi connectivity index (χ4n) is 6.87. The minimum Gasteiger partial charge on any atom is -0.256 e. The third-order valence-corrected chi connectivity index (χ3v) is 8.52. The van der Waals surface area contributed by atoms with Crippen LogP contribution in [0.5, 0.6) is 0 Å². The number of aromatic nitrogens is 1. The molecule has 6 aromatic rings. The van der Waals surface area contributed by atoms with Gasteiger partial charge in [-0.2, -0.15) is 0 Å². The van der Waals surface area contributed by atoms with E-state index in [9.17, 15) is 0 Å². The Morgan fingerprint density at radius 2 is 1.40 bits per heavy atom. The van der Waals surface area contributed by atoms with Crippen LogP contribution in [0.1, 0.15) is 23.5 Å². The third-order valence-electron chi connectivity index (χ3n) is 8.52. The molecule has 0 amide bonds. The lowest BCUT2D eigenvalue weighted by molar-refractivity contribution is 1.01. The highest BCUT2D eigenvalue weighted by Gasteiger charge is 2.42. The topological polar surface area (TPSA) is 12.9 Å². The van der Waals surface area contributed by atoms with Crippen molar-refractivity contribution in [3.8, 4) is 33.5 Å². The van der Waals surface area contributed by atoms with Crippen LogP contribution in [0.2, 0.25) is 0 Å². The van der Waals surface area contributed by atoms with E-state index in [1.165, 1.54) is 77.7 Å². The Labute approximate surface area is 203 Å². The molecule has 162 valence electrons. The smallest absolute Gasteiger partial charge is 0.0786 e. The highest BCUT2D eigenvalue weighted by atomic mass is 14.7. The molecule has 9 rings (SSSR count). The molecule has 5 aromatic carbocycles. The number of pyridine rings is 1. The van der Waals surface area contributed by atoms with Crippen molar-refractivity contribution < 1.29 is 0 Å². The molecule has 35 heavy (non-hydrogen) atoms. The van der Waals surface area contributed by atoms with Crippen LogP contribution in [0.4, 0.5) is 0 Å². The van der Waals surface area contributed by atoms with E-state index in [4.69, 9.17) is 4.98 Å². The standard InChI is InChI=1S/C34H21N/c1-2-7-21-19(6-1)14-15-35-34(21)31-17-28-25-11-5-10-24-22-8-3-4-9-23(22)29(32(24)25)18-30(28)33-26(31)13-12-20-16-27(20)33/h1-15,17-18,20,27H,16H2. The first-order chi connectivity index (χ1) is 17.4. The van der Waals surface area contributed by atoms with Crippen molar-refractivity contribution >= 4 is 38.4 Å². The molecular formula is C34H21N. The third kappa shape index (κ3) is 2.26. The summed E-state index contributed by atoms with van der Waals surface area (Å²) in [6, 6.07) is 31.4. The van der Waals surface area contributed by atoms with E-state index >= 15 is 0 Å². The van der Waals surface area contributed by atoms with Crippen LogP contribution in [-0.4, -0.2) is 4.98 Å². The van der Waals surface area contributed by atoms with Crippen LogP contribution in [0, 0.1) is 5.92 Å². The summed E-state index contributed by atoms with van der Waals surface area (Å²) in [6.45, 7) is 0. The van der Waals surface area contributed by atoms with Gasteiger partial charge in [0.15, 0.2) is 0 Å². The largest absolute Gasteiger partial charge is 0.256 e. The van der Waals surface area contributed by atoms with Crippen molar-refractivity contribution in [2.45, 2.75) is 12.3 Å². The maximum atomic E-state index is 4.96. The lowest BCUT2D eigenvalue weighted by Gasteiger charge is -2.21. The minimum absolute atomic E-state index is 0.622. The Bertz CT molecular complexity index is 1940. The molecule has 1 aromatic heterocycles. The van der Waals surface area contributed by atoms with Crippen molar-refractivity contribution in [1.29, 1.82) is 0 Å². The summed E-state index contributed by atoms with van der Waals surface area (Å²) in [6.07, 6.45) is 8.04. The maximum absolute atomic E-state index is 4.96. The number of benzene rings is 5. The summed E-state index contributed by atoms with van der Waals surface area (Å²) in [5.41, 5.74) is 10.7. The average Bonchev–Trinajstić information content (AvgIpc) is 3.65. The number of fused-ring (bicyclic) bond motifs is 10. The van der Waals surface area contributed by atoms with E-state index in [0.29, 0.717) is 11.8 Å². The zero-order chi connectivity index (χ0) is 22.7. The first-order valence-electron chi connectivity index (χ1n) is 12.6. The molecular weight excluding hydrogens is 422 g/mol. The molecule has 1 nitrogen and oxygen atoms in total. The van der Waals surface area contributed by atoms with Crippen molar-refractivity contribution in [2.75, 3.05) is 0 Å². The second-order valence-corrected chi connectivity index (χ2v) is 10.3. The monoisotopic (exact) mass is 443 g/mol. The van der Waals surface area contributed by atoms with Gasteiger partial charge in [-0.05, 0) is 96.8 Å². The molecule has 2 unspecified atom stereocenters. The number of rotatable bonds is 1. The second-order valence-electron chi connectivity index (χ2n) is 10.3. The van der Waals surface area contributed by atoms with Crippen molar-refractivity contribution in [1.82, 2.24) is 4.98 Å². The van der Waals surface area contributed by atoms with Crippen molar-refractivity contribution in [2.24, 2.45) is 5.92 Å². The predicted octanol–water partition coefficient (Wildman–Crippen LogP) is 8.99. The minimum atomic E-state index is 0.622.